The molecule has 3 heterocycles. The molecule has 10 nitrogen and oxygen atoms in total. The molecule has 1 spiro atoms. The number of fused-ring (bicyclic) bond motifs is 1. The normalized spacial score (nSPS) is 26.5. The summed E-state index contributed by atoms with van der Waals surface area (Å²) in [6, 6.07) is 8.16. The number of nitrogens with one attached hydrogen (secondary N) is 1. The number of allylic oxidation sites excluding steroid dienone is 1. The lowest BCUT2D eigenvalue weighted by atomic mass is 9.70. The number of benzene rings is 1. The molecule has 0 saturated carbocycles. The molecule has 44 heavy (non-hydrogen) atoms. The summed E-state index contributed by atoms with van der Waals surface area (Å²) in [5.41, 5.74) is -0.450. The number of aliphatic hydroxyl groups excluding tert-OH is 1. The Balaban J connectivity index is 1.62. The third-order valence-corrected chi connectivity index (χ3v) is 9.20. The van der Waals surface area contributed by atoms with Crippen molar-refractivity contribution >= 4 is 23.7 Å². The Morgan fingerprint density at radius 3 is 2.66 bits per heavy atom. The molecule has 2 N–H and O–H groups in total. The Labute approximate surface area is 260 Å². The van der Waals surface area contributed by atoms with Crippen molar-refractivity contribution in [1.82, 2.24) is 15.1 Å². The molecule has 0 aliphatic carbocycles. The fourth-order valence-corrected chi connectivity index (χ4v) is 7.18. The maximum absolute atomic E-state index is 14.3. The Morgan fingerprint density at radius 1 is 1.25 bits per heavy atom. The second kappa shape index (κ2) is 15.0. The summed E-state index contributed by atoms with van der Waals surface area (Å²) in [4.78, 5) is 58.1. The summed E-state index contributed by atoms with van der Waals surface area (Å²) in [7, 11) is 0. The molecule has 10 heteroatoms. The molecule has 2 bridgehead atoms. The first kappa shape index (κ1) is 33.4. The molecule has 4 rings (SSSR count). The van der Waals surface area contributed by atoms with Crippen LogP contribution in [0.5, 0.6) is 0 Å². The van der Waals surface area contributed by atoms with Crippen molar-refractivity contribution in [3.05, 3.63) is 61.2 Å². The van der Waals surface area contributed by atoms with E-state index in [4.69, 9.17) is 9.47 Å². The van der Waals surface area contributed by atoms with Crippen LogP contribution in [0, 0.1) is 11.8 Å². The molecule has 0 aromatic heterocycles. The minimum atomic E-state index is -1.16. The molecule has 1 aromatic rings. The van der Waals surface area contributed by atoms with Crippen LogP contribution in [-0.4, -0.2) is 88.6 Å². The van der Waals surface area contributed by atoms with Crippen LogP contribution < -0.4 is 5.32 Å². The second-order valence-corrected chi connectivity index (χ2v) is 12.0. The first-order chi connectivity index (χ1) is 21.2. The maximum atomic E-state index is 14.3. The minimum Gasteiger partial charge on any atom is -0.455 e. The van der Waals surface area contributed by atoms with Gasteiger partial charge in [0.2, 0.25) is 17.7 Å². The predicted octanol–water partition coefficient (Wildman–Crippen LogP) is 3.31. The van der Waals surface area contributed by atoms with Crippen molar-refractivity contribution < 1.29 is 33.8 Å². The third-order valence-electron chi connectivity index (χ3n) is 9.20. The van der Waals surface area contributed by atoms with Gasteiger partial charge in [0.05, 0.1) is 24.5 Å². The van der Waals surface area contributed by atoms with Gasteiger partial charge < -0.3 is 29.7 Å². The Hall–Kier alpha value is -3.50. The van der Waals surface area contributed by atoms with Crippen LogP contribution in [0.4, 0.5) is 0 Å². The summed E-state index contributed by atoms with van der Waals surface area (Å²) in [5.74, 6) is -3.09. The molecule has 3 fully saturated rings. The molecular formula is C34H47N3O7. The highest BCUT2D eigenvalue weighted by Gasteiger charge is 2.75. The number of hydrogen-bond acceptors (Lipinski definition) is 7. The lowest BCUT2D eigenvalue weighted by molar-refractivity contribution is -0.160. The smallest absolute Gasteiger partial charge is 0.313 e. The predicted molar refractivity (Wildman–Crippen MR) is 165 cm³/mol. The molecule has 1 unspecified atom stereocenters. The Bertz CT molecular complexity index is 1210. The molecule has 1 aromatic carbocycles. The van der Waals surface area contributed by atoms with Crippen LogP contribution in [-0.2, 0) is 28.7 Å². The van der Waals surface area contributed by atoms with Gasteiger partial charge in [0.25, 0.3) is 0 Å². The summed E-state index contributed by atoms with van der Waals surface area (Å²) in [5, 5.41) is 12.5. The van der Waals surface area contributed by atoms with Gasteiger partial charge in [-0.25, -0.2) is 0 Å². The lowest BCUT2D eigenvalue weighted by Crippen LogP contribution is -2.58. The van der Waals surface area contributed by atoms with Crippen molar-refractivity contribution in [2.75, 3.05) is 26.2 Å². The van der Waals surface area contributed by atoms with E-state index < -0.39 is 41.7 Å². The average Bonchev–Trinajstić information content (AvgIpc) is 3.67. The number of rotatable bonds is 17. The molecule has 240 valence electrons. The number of nitrogens with zero attached hydrogens (tertiary/aromatic N) is 2. The topological polar surface area (TPSA) is 125 Å². The Kier molecular flexibility index (Phi) is 11.4. The zero-order valence-electron chi connectivity index (χ0n) is 26.0. The van der Waals surface area contributed by atoms with E-state index in [1.165, 1.54) is 4.90 Å². The van der Waals surface area contributed by atoms with Crippen molar-refractivity contribution in [3.63, 3.8) is 0 Å². The molecule has 3 aliphatic heterocycles. The highest BCUT2D eigenvalue weighted by molar-refractivity contribution is 5.98. The van der Waals surface area contributed by atoms with Gasteiger partial charge in [-0.2, -0.15) is 0 Å². The molecule has 0 radical (unpaired) electrons. The van der Waals surface area contributed by atoms with E-state index in [1.807, 2.05) is 37.3 Å². The monoisotopic (exact) mass is 609 g/mol. The van der Waals surface area contributed by atoms with Crippen molar-refractivity contribution in [3.8, 4) is 0 Å². The summed E-state index contributed by atoms with van der Waals surface area (Å²) >= 11 is 0. The molecule has 3 saturated heterocycles. The van der Waals surface area contributed by atoms with Gasteiger partial charge >= 0.3 is 5.97 Å². The number of aliphatic hydroxyl groups is 1. The SMILES string of the molecule is C=CCCC(=O)NC[C@@H](OC(=O)[C@@H]1[C@@H]2CC[C@]3(O2)[C@H](C(=O)N(CC=C)C(C)CCC)N(CCCO)C(=O)[C@@H]13)c1ccccc1. The van der Waals surface area contributed by atoms with E-state index in [0.717, 1.165) is 12.8 Å². The van der Waals surface area contributed by atoms with E-state index in [9.17, 15) is 24.3 Å². The fraction of sp³-hybridized carbons (Fsp3) is 0.588. The number of hydrogen-bond donors (Lipinski definition) is 2. The molecule has 3 amide bonds. The third kappa shape index (κ3) is 6.61. The van der Waals surface area contributed by atoms with Crippen molar-refractivity contribution in [2.45, 2.75) is 88.7 Å². The number of amides is 3. The molecular weight excluding hydrogens is 562 g/mol. The summed E-state index contributed by atoms with van der Waals surface area (Å²) in [6.07, 6.45) is 5.77. The van der Waals surface area contributed by atoms with Crippen LogP contribution >= 0.6 is 0 Å². The summed E-state index contributed by atoms with van der Waals surface area (Å²) < 4.78 is 12.6. The van der Waals surface area contributed by atoms with Gasteiger partial charge in [0.15, 0.2) is 0 Å². The first-order valence-electron chi connectivity index (χ1n) is 15.9. The second-order valence-electron chi connectivity index (χ2n) is 12.0. The van der Waals surface area contributed by atoms with Gasteiger partial charge in [-0.15, -0.1) is 13.2 Å². The highest BCUT2D eigenvalue weighted by atomic mass is 16.6. The first-order valence-corrected chi connectivity index (χ1v) is 15.9. The van der Waals surface area contributed by atoms with Crippen LogP contribution in [0.25, 0.3) is 0 Å². The van der Waals surface area contributed by atoms with Crippen LogP contribution in [0.1, 0.15) is 70.5 Å². The average molecular weight is 610 g/mol. The van der Waals surface area contributed by atoms with Gasteiger partial charge in [-0.1, -0.05) is 55.8 Å². The molecule has 7 atom stereocenters. The zero-order valence-corrected chi connectivity index (χ0v) is 26.0. The Morgan fingerprint density at radius 2 is 2.00 bits per heavy atom. The number of carbonyl (C=O) groups is 4. The van der Waals surface area contributed by atoms with Gasteiger partial charge in [-0.05, 0) is 44.6 Å². The van der Waals surface area contributed by atoms with Crippen molar-refractivity contribution in [2.24, 2.45) is 11.8 Å². The number of carbonyl (C=O) groups excluding carboxylic acids is 4. The number of ether oxygens (including phenoxy) is 2. The van der Waals surface area contributed by atoms with Gasteiger partial charge in [0.1, 0.15) is 17.7 Å². The van der Waals surface area contributed by atoms with Crippen molar-refractivity contribution in [1.29, 1.82) is 0 Å². The van der Waals surface area contributed by atoms with E-state index >= 15 is 0 Å². The number of likely N-dealkylation sites (tertiary alicyclic amines) is 1. The standard InChI is InChI=1S/C34H47N3O7/c1-5-8-16-27(39)35-22-26(24-14-10-9-11-15-24)43-33(42)28-25-17-18-34(44-25)29(28)31(40)37(20-12-21-38)30(34)32(41)36(19-7-3)23(4)13-6-2/h5,7,9-11,14-15,23,25-26,28-30,38H,1,3,6,8,12-13,16-22H2,2,4H3,(H,35,39)/t23?,25-,26+,28+,29+,30-,34+/m0/s1. The van der Waals surface area contributed by atoms with E-state index in [-0.39, 0.29) is 49.9 Å². The molecule has 3 aliphatic rings. The summed E-state index contributed by atoms with van der Waals surface area (Å²) in [6.45, 7) is 12.0. The quantitative estimate of drug-likeness (QED) is 0.205. The van der Waals surface area contributed by atoms with Crippen LogP contribution in [0.2, 0.25) is 0 Å². The lowest BCUT2D eigenvalue weighted by Gasteiger charge is -2.39. The van der Waals surface area contributed by atoms with Crippen LogP contribution in [0.3, 0.4) is 0 Å². The van der Waals surface area contributed by atoms with Gasteiger partial charge in [0, 0.05) is 32.2 Å². The minimum absolute atomic E-state index is 0.0727. The van der Waals surface area contributed by atoms with Crippen LogP contribution in [0.15, 0.2) is 55.6 Å². The van der Waals surface area contributed by atoms with Gasteiger partial charge in [-0.3, -0.25) is 19.2 Å². The highest BCUT2D eigenvalue weighted by Crippen LogP contribution is 2.59. The zero-order chi connectivity index (χ0) is 31.9. The largest absolute Gasteiger partial charge is 0.455 e. The maximum Gasteiger partial charge on any atom is 0.313 e. The number of esters is 1. The fourth-order valence-electron chi connectivity index (χ4n) is 7.18. The van der Waals surface area contributed by atoms with E-state index in [0.29, 0.717) is 37.8 Å². The van der Waals surface area contributed by atoms with E-state index in [2.05, 4.69) is 25.4 Å². The van der Waals surface area contributed by atoms with E-state index in [1.54, 1.807) is 17.1 Å².